The lowest BCUT2D eigenvalue weighted by Gasteiger charge is -2.33. The number of benzene rings is 1. The van der Waals surface area contributed by atoms with E-state index in [0.29, 0.717) is 19.6 Å². The van der Waals surface area contributed by atoms with Crippen LogP contribution in [-0.2, 0) is 11.3 Å². The number of hydrogen-bond donors (Lipinski definition) is 0. The molecule has 0 saturated carbocycles. The highest BCUT2D eigenvalue weighted by molar-refractivity contribution is 9.10. The number of halogens is 1. The zero-order valence-corrected chi connectivity index (χ0v) is 16.6. The average molecular weight is 421 g/mol. The van der Waals surface area contributed by atoms with Gasteiger partial charge in [0.15, 0.2) is 0 Å². The van der Waals surface area contributed by atoms with Crippen LogP contribution in [0.15, 0.2) is 46.3 Å². The molecule has 0 atom stereocenters. The molecule has 0 bridgehead atoms. The maximum absolute atomic E-state index is 12.7. The maximum atomic E-state index is 12.7. The first-order valence-electron chi connectivity index (χ1n) is 8.37. The summed E-state index contributed by atoms with van der Waals surface area (Å²) in [5.74, 6) is 0.251. The van der Waals surface area contributed by atoms with E-state index in [1.165, 1.54) is 11.3 Å². The maximum Gasteiger partial charge on any atom is 0.263 e. The van der Waals surface area contributed by atoms with Gasteiger partial charge >= 0.3 is 0 Å². The summed E-state index contributed by atoms with van der Waals surface area (Å²) in [7, 11) is 1.85. The van der Waals surface area contributed by atoms with Gasteiger partial charge < -0.3 is 9.80 Å². The highest BCUT2D eigenvalue weighted by Gasteiger charge is 2.29. The molecule has 1 aliphatic rings. The molecular weight excluding hydrogens is 400 g/mol. The number of amides is 2. The molecule has 0 unspecified atom stereocenters. The van der Waals surface area contributed by atoms with Crippen LogP contribution in [0.4, 0.5) is 0 Å². The second-order valence-corrected chi connectivity index (χ2v) is 8.13. The molecule has 132 valence electrons. The first-order chi connectivity index (χ1) is 12.1. The number of piperidine rings is 1. The minimum absolute atomic E-state index is 0.000117. The van der Waals surface area contributed by atoms with Crippen molar-refractivity contribution < 1.29 is 9.59 Å². The second-order valence-electron chi connectivity index (χ2n) is 6.33. The molecule has 2 aromatic rings. The fourth-order valence-corrected chi connectivity index (χ4v) is 4.26. The van der Waals surface area contributed by atoms with Crippen LogP contribution in [-0.4, -0.2) is 41.8 Å². The topological polar surface area (TPSA) is 40.6 Å². The minimum atomic E-state index is -0.000117. The second kappa shape index (κ2) is 8.15. The van der Waals surface area contributed by atoms with Crippen molar-refractivity contribution in [3.05, 3.63) is 56.7 Å². The molecule has 1 aromatic heterocycles. The van der Waals surface area contributed by atoms with E-state index in [0.717, 1.165) is 27.8 Å². The summed E-state index contributed by atoms with van der Waals surface area (Å²) in [5, 5.41) is 1.92. The van der Waals surface area contributed by atoms with E-state index < -0.39 is 0 Å². The molecule has 4 nitrogen and oxygen atoms in total. The van der Waals surface area contributed by atoms with Crippen molar-refractivity contribution >= 4 is 39.1 Å². The predicted molar refractivity (Wildman–Crippen MR) is 104 cm³/mol. The Kier molecular flexibility index (Phi) is 5.91. The van der Waals surface area contributed by atoms with Gasteiger partial charge in [-0.2, -0.15) is 0 Å². The van der Waals surface area contributed by atoms with Crippen LogP contribution in [0.25, 0.3) is 0 Å². The number of nitrogens with zero attached hydrogens (tertiary/aromatic N) is 2. The molecule has 0 N–H and O–H groups in total. The molecule has 1 aliphatic heterocycles. The van der Waals surface area contributed by atoms with Crippen LogP contribution in [0.1, 0.15) is 28.1 Å². The molecule has 2 heterocycles. The van der Waals surface area contributed by atoms with Gasteiger partial charge in [0.2, 0.25) is 5.91 Å². The highest BCUT2D eigenvalue weighted by Crippen LogP contribution is 2.24. The summed E-state index contributed by atoms with van der Waals surface area (Å²) in [4.78, 5) is 29.5. The molecule has 0 radical (unpaired) electrons. The van der Waals surface area contributed by atoms with Gasteiger partial charge in [0.1, 0.15) is 0 Å². The van der Waals surface area contributed by atoms with Crippen molar-refractivity contribution in [1.29, 1.82) is 0 Å². The van der Waals surface area contributed by atoms with Crippen LogP contribution in [0.5, 0.6) is 0 Å². The Hall–Kier alpha value is -1.66. The van der Waals surface area contributed by atoms with Crippen molar-refractivity contribution in [2.45, 2.75) is 19.4 Å². The predicted octanol–water partition coefficient (Wildman–Crippen LogP) is 4.02. The van der Waals surface area contributed by atoms with Crippen LogP contribution >= 0.6 is 27.3 Å². The van der Waals surface area contributed by atoms with E-state index in [1.54, 1.807) is 4.90 Å². The number of carbonyl (C=O) groups is 2. The summed E-state index contributed by atoms with van der Waals surface area (Å²) in [6, 6.07) is 11.7. The number of hydrogen-bond acceptors (Lipinski definition) is 3. The monoisotopic (exact) mass is 420 g/mol. The smallest absolute Gasteiger partial charge is 0.263 e. The standard InChI is InChI=1S/C19H21BrN2O2S/c1-21(13-15-5-2-3-6-16(15)20)18(23)14-8-10-22(11-9-14)19(24)17-7-4-12-25-17/h2-7,12,14H,8-11,13H2,1H3. The number of carbonyl (C=O) groups excluding carboxylic acids is 2. The van der Waals surface area contributed by atoms with E-state index >= 15 is 0 Å². The summed E-state index contributed by atoms with van der Waals surface area (Å²) < 4.78 is 1.02. The molecule has 1 aromatic carbocycles. The van der Waals surface area contributed by atoms with Crippen molar-refractivity contribution in [2.75, 3.05) is 20.1 Å². The van der Waals surface area contributed by atoms with Crippen molar-refractivity contribution in [3.8, 4) is 0 Å². The minimum Gasteiger partial charge on any atom is -0.341 e. The number of thiophene rings is 1. The van der Waals surface area contributed by atoms with Crippen LogP contribution < -0.4 is 0 Å². The largest absolute Gasteiger partial charge is 0.341 e. The summed E-state index contributed by atoms with van der Waals surface area (Å²) in [5.41, 5.74) is 1.10. The Morgan fingerprint density at radius 3 is 2.56 bits per heavy atom. The van der Waals surface area contributed by atoms with Crippen molar-refractivity contribution in [3.63, 3.8) is 0 Å². The first-order valence-corrected chi connectivity index (χ1v) is 10.0. The van der Waals surface area contributed by atoms with Crippen LogP contribution in [0.3, 0.4) is 0 Å². The van der Waals surface area contributed by atoms with Gasteiger partial charge in [0.05, 0.1) is 4.88 Å². The zero-order chi connectivity index (χ0) is 17.8. The Bertz CT molecular complexity index is 740. The third-order valence-corrected chi connectivity index (χ3v) is 6.24. The lowest BCUT2D eigenvalue weighted by atomic mass is 9.95. The fourth-order valence-electron chi connectivity index (χ4n) is 3.16. The van der Waals surface area contributed by atoms with Crippen molar-refractivity contribution in [1.82, 2.24) is 9.80 Å². The number of rotatable bonds is 4. The SMILES string of the molecule is CN(Cc1ccccc1Br)C(=O)C1CCN(C(=O)c2cccs2)CC1. The third kappa shape index (κ3) is 4.30. The van der Waals surface area contributed by atoms with Gasteiger partial charge in [-0.05, 0) is 35.9 Å². The molecule has 3 rings (SSSR count). The van der Waals surface area contributed by atoms with Gasteiger partial charge in [0.25, 0.3) is 5.91 Å². The molecule has 0 aliphatic carbocycles. The third-order valence-electron chi connectivity index (χ3n) is 4.60. The molecule has 6 heteroatoms. The Morgan fingerprint density at radius 1 is 1.20 bits per heavy atom. The fraction of sp³-hybridized carbons (Fsp3) is 0.368. The van der Waals surface area contributed by atoms with Crippen LogP contribution in [0, 0.1) is 5.92 Å². The molecule has 1 fully saturated rings. The van der Waals surface area contributed by atoms with Gasteiger partial charge in [-0.3, -0.25) is 9.59 Å². The molecule has 2 amide bonds. The summed E-state index contributed by atoms with van der Waals surface area (Å²) in [6.07, 6.45) is 1.46. The van der Waals surface area contributed by atoms with E-state index in [2.05, 4.69) is 15.9 Å². The van der Waals surface area contributed by atoms with E-state index in [9.17, 15) is 9.59 Å². The normalized spacial score (nSPS) is 15.2. The Labute approximate surface area is 160 Å². The van der Waals surface area contributed by atoms with Crippen molar-refractivity contribution in [2.24, 2.45) is 5.92 Å². The zero-order valence-electron chi connectivity index (χ0n) is 14.2. The van der Waals surface area contributed by atoms with E-state index in [4.69, 9.17) is 0 Å². The number of likely N-dealkylation sites (tertiary alicyclic amines) is 1. The Balaban J connectivity index is 1.54. The average Bonchev–Trinajstić information content (AvgIpc) is 3.17. The van der Waals surface area contributed by atoms with Gasteiger partial charge in [0, 0.05) is 37.1 Å². The van der Waals surface area contributed by atoms with E-state index in [-0.39, 0.29) is 17.7 Å². The molecule has 1 saturated heterocycles. The summed E-state index contributed by atoms with van der Waals surface area (Å²) in [6.45, 7) is 1.89. The Morgan fingerprint density at radius 2 is 1.92 bits per heavy atom. The van der Waals surface area contributed by atoms with E-state index in [1.807, 2.05) is 53.7 Å². The van der Waals surface area contributed by atoms with Gasteiger partial charge in [-0.1, -0.05) is 40.2 Å². The lowest BCUT2D eigenvalue weighted by molar-refractivity contribution is -0.136. The van der Waals surface area contributed by atoms with Gasteiger partial charge in [-0.15, -0.1) is 11.3 Å². The van der Waals surface area contributed by atoms with Gasteiger partial charge in [-0.25, -0.2) is 0 Å². The molecule has 0 spiro atoms. The lowest BCUT2D eigenvalue weighted by Crippen LogP contribution is -2.43. The summed E-state index contributed by atoms with van der Waals surface area (Å²) >= 11 is 5.00. The van der Waals surface area contributed by atoms with Crippen LogP contribution in [0.2, 0.25) is 0 Å². The highest BCUT2D eigenvalue weighted by atomic mass is 79.9. The first kappa shape index (κ1) is 18.1. The molecular formula is C19H21BrN2O2S. The molecule has 25 heavy (non-hydrogen) atoms. The quantitative estimate of drug-likeness (QED) is 0.748.